The highest BCUT2D eigenvalue weighted by Crippen LogP contribution is 2.32. The van der Waals surface area contributed by atoms with Crippen LogP contribution in [0.3, 0.4) is 0 Å². The topological polar surface area (TPSA) is 61.6 Å². The second-order valence-electron chi connectivity index (χ2n) is 7.42. The molecule has 158 valence electrons. The van der Waals surface area contributed by atoms with Crippen LogP contribution in [0.4, 0.5) is 14.7 Å². The Kier molecular flexibility index (Phi) is 6.13. The maximum atomic E-state index is 12.8. The Morgan fingerprint density at radius 3 is 2.69 bits per heavy atom. The van der Waals surface area contributed by atoms with E-state index in [1.54, 1.807) is 12.1 Å². The molecule has 0 bridgehead atoms. The molecular weight excluding hydrogens is 382 g/mol. The molecule has 1 aromatic heterocycles. The van der Waals surface area contributed by atoms with E-state index in [9.17, 15) is 8.78 Å². The van der Waals surface area contributed by atoms with Gasteiger partial charge in [0.2, 0.25) is 5.95 Å². The molecule has 1 unspecified atom stereocenters. The van der Waals surface area contributed by atoms with Crippen molar-refractivity contribution in [1.82, 2.24) is 14.8 Å². The minimum atomic E-state index is -2.91. The maximum absolute atomic E-state index is 12.8. The quantitative estimate of drug-likeness (QED) is 0.700. The zero-order chi connectivity index (χ0) is 20.2. The van der Waals surface area contributed by atoms with E-state index in [0.717, 1.165) is 62.7 Å². The highest BCUT2D eigenvalue weighted by atomic mass is 19.3. The molecular formula is C20H26F2N4O3. The van der Waals surface area contributed by atoms with Crippen LogP contribution in [-0.2, 0) is 11.3 Å². The Morgan fingerprint density at radius 2 is 2.00 bits per heavy atom. The first-order valence-electron chi connectivity index (χ1n) is 10.0. The highest BCUT2D eigenvalue weighted by molar-refractivity contribution is 5.44. The number of ether oxygens (including phenoxy) is 3. The smallest absolute Gasteiger partial charge is 0.387 e. The summed E-state index contributed by atoms with van der Waals surface area (Å²) in [6.07, 6.45) is 4.25. The fourth-order valence-electron chi connectivity index (χ4n) is 4.05. The number of anilines is 1. The zero-order valence-corrected chi connectivity index (χ0v) is 16.5. The summed E-state index contributed by atoms with van der Waals surface area (Å²) in [6, 6.07) is 5.10. The van der Waals surface area contributed by atoms with Crippen molar-refractivity contribution in [3.63, 3.8) is 0 Å². The van der Waals surface area contributed by atoms with Crippen LogP contribution >= 0.6 is 0 Å². The summed E-state index contributed by atoms with van der Waals surface area (Å²) in [5.74, 6) is 2.20. The minimum Gasteiger partial charge on any atom is -0.493 e. The van der Waals surface area contributed by atoms with Gasteiger partial charge in [-0.1, -0.05) is 6.07 Å². The molecule has 0 spiro atoms. The summed E-state index contributed by atoms with van der Waals surface area (Å²) in [4.78, 5) is 2.24. The van der Waals surface area contributed by atoms with E-state index in [2.05, 4.69) is 24.4 Å². The normalized spacial score (nSPS) is 19.7. The summed E-state index contributed by atoms with van der Waals surface area (Å²) >= 11 is 0. The summed E-state index contributed by atoms with van der Waals surface area (Å²) in [7, 11) is 1.43. The van der Waals surface area contributed by atoms with Crippen molar-refractivity contribution < 1.29 is 23.0 Å². The third kappa shape index (κ3) is 4.44. The van der Waals surface area contributed by atoms with Crippen molar-refractivity contribution in [1.29, 1.82) is 0 Å². The van der Waals surface area contributed by atoms with Crippen molar-refractivity contribution >= 4 is 5.95 Å². The van der Waals surface area contributed by atoms with E-state index in [1.807, 2.05) is 6.07 Å². The van der Waals surface area contributed by atoms with Crippen LogP contribution in [0.15, 0.2) is 18.2 Å². The third-order valence-corrected chi connectivity index (χ3v) is 5.46. The Balaban J connectivity index is 1.66. The lowest BCUT2D eigenvalue weighted by Crippen LogP contribution is -2.25. The molecule has 4 rings (SSSR count). The highest BCUT2D eigenvalue weighted by Gasteiger charge is 2.27. The van der Waals surface area contributed by atoms with Gasteiger partial charge < -0.3 is 19.1 Å². The number of nitrogens with zero attached hydrogens (tertiary/aromatic N) is 4. The fraction of sp³-hybridized carbons (Fsp3) is 0.600. The standard InChI is InChI=1S/C20H26F2N4O3/c1-27-16-7-6-14(11-17(16)29-19(21)22)12-26-18(15-5-4-10-28-13-15)23-24-20(26)25-8-2-3-9-25/h6-7,11,15,19H,2-5,8-10,12-13H2,1H3. The first-order chi connectivity index (χ1) is 14.2. The number of rotatable bonds is 7. The maximum Gasteiger partial charge on any atom is 0.387 e. The van der Waals surface area contributed by atoms with E-state index in [4.69, 9.17) is 9.47 Å². The van der Waals surface area contributed by atoms with Crippen LogP contribution in [0.5, 0.6) is 11.5 Å². The van der Waals surface area contributed by atoms with Gasteiger partial charge in [-0.2, -0.15) is 8.78 Å². The number of hydrogen-bond donors (Lipinski definition) is 0. The largest absolute Gasteiger partial charge is 0.493 e. The van der Waals surface area contributed by atoms with E-state index >= 15 is 0 Å². The van der Waals surface area contributed by atoms with Gasteiger partial charge in [-0.25, -0.2) is 0 Å². The van der Waals surface area contributed by atoms with E-state index in [1.165, 1.54) is 7.11 Å². The second kappa shape index (κ2) is 8.94. The van der Waals surface area contributed by atoms with Gasteiger partial charge in [0.15, 0.2) is 11.5 Å². The molecule has 0 aliphatic carbocycles. The molecule has 2 fully saturated rings. The molecule has 2 saturated heterocycles. The van der Waals surface area contributed by atoms with Gasteiger partial charge in [0.05, 0.1) is 20.3 Å². The van der Waals surface area contributed by atoms with Crippen molar-refractivity contribution in [2.24, 2.45) is 0 Å². The third-order valence-electron chi connectivity index (χ3n) is 5.46. The van der Waals surface area contributed by atoms with Crippen LogP contribution < -0.4 is 14.4 Å². The molecule has 7 nitrogen and oxygen atoms in total. The summed E-state index contributed by atoms with van der Waals surface area (Å²) in [6.45, 7) is 0.846. The number of aromatic nitrogens is 3. The van der Waals surface area contributed by atoms with Gasteiger partial charge in [0, 0.05) is 25.6 Å². The number of halogens is 2. The van der Waals surface area contributed by atoms with Gasteiger partial charge in [-0.05, 0) is 43.4 Å². The van der Waals surface area contributed by atoms with E-state index < -0.39 is 6.61 Å². The molecule has 0 N–H and O–H groups in total. The predicted octanol–water partition coefficient (Wildman–Crippen LogP) is 3.43. The lowest BCUT2D eigenvalue weighted by Gasteiger charge is -2.24. The first-order valence-corrected chi connectivity index (χ1v) is 10.0. The van der Waals surface area contributed by atoms with Gasteiger partial charge in [-0.15, -0.1) is 10.2 Å². The van der Waals surface area contributed by atoms with Crippen molar-refractivity contribution in [2.75, 3.05) is 38.3 Å². The molecule has 1 atom stereocenters. The Bertz CT molecular complexity index is 818. The number of hydrogen-bond acceptors (Lipinski definition) is 6. The average Bonchev–Trinajstić information content (AvgIpc) is 3.38. The van der Waals surface area contributed by atoms with Crippen LogP contribution in [0.2, 0.25) is 0 Å². The molecule has 2 aromatic rings. The number of methoxy groups -OCH3 is 1. The van der Waals surface area contributed by atoms with E-state index in [-0.39, 0.29) is 17.4 Å². The number of alkyl halides is 2. The number of benzene rings is 1. The molecule has 29 heavy (non-hydrogen) atoms. The molecule has 2 aliphatic heterocycles. The lowest BCUT2D eigenvalue weighted by molar-refractivity contribution is -0.0512. The van der Waals surface area contributed by atoms with Crippen molar-refractivity contribution in [3.05, 3.63) is 29.6 Å². The van der Waals surface area contributed by atoms with Gasteiger partial charge in [0.1, 0.15) is 5.82 Å². The van der Waals surface area contributed by atoms with Crippen molar-refractivity contribution in [3.8, 4) is 11.5 Å². The van der Waals surface area contributed by atoms with Gasteiger partial charge in [-0.3, -0.25) is 4.57 Å². The Labute approximate surface area is 168 Å². The first kappa shape index (κ1) is 19.9. The predicted molar refractivity (Wildman–Crippen MR) is 103 cm³/mol. The molecule has 0 radical (unpaired) electrons. The zero-order valence-electron chi connectivity index (χ0n) is 16.5. The fourth-order valence-corrected chi connectivity index (χ4v) is 4.05. The summed E-state index contributed by atoms with van der Waals surface area (Å²) in [5.41, 5.74) is 0.819. The Hall–Kier alpha value is -2.42. The second-order valence-corrected chi connectivity index (χ2v) is 7.42. The van der Waals surface area contributed by atoms with Crippen LogP contribution in [0, 0.1) is 0 Å². The summed E-state index contributed by atoms with van der Waals surface area (Å²) < 4.78 is 43.1. The van der Waals surface area contributed by atoms with Crippen LogP contribution in [0.1, 0.15) is 43.0 Å². The molecule has 3 heterocycles. The molecule has 0 amide bonds. The molecule has 2 aliphatic rings. The van der Waals surface area contributed by atoms with Crippen LogP contribution in [-0.4, -0.2) is 54.8 Å². The molecule has 9 heteroatoms. The van der Waals surface area contributed by atoms with Gasteiger partial charge in [0.25, 0.3) is 0 Å². The van der Waals surface area contributed by atoms with Gasteiger partial charge >= 0.3 is 6.61 Å². The van der Waals surface area contributed by atoms with Crippen molar-refractivity contribution in [2.45, 2.75) is 44.8 Å². The summed E-state index contributed by atoms with van der Waals surface area (Å²) in [5, 5.41) is 8.98. The lowest BCUT2D eigenvalue weighted by atomic mass is 10.0. The average molecular weight is 408 g/mol. The monoisotopic (exact) mass is 408 g/mol. The Morgan fingerprint density at radius 1 is 1.17 bits per heavy atom. The van der Waals surface area contributed by atoms with Crippen LogP contribution in [0.25, 0.3) is 0 Å². The molecule has 1 aromatic carbocycles. The minimum absolute atomic E-state index is 0.0262. The van der Waals surface area contributed by atoms with E-state index in [0.29, 0.717) is 13.2 Å². The molecule has 0 saturated carbocycles. The SMILES string of the molecule is COc1ccc(Cn2c(C3CCCOC3)nnc2N2CCCC2)cc1OC(F)F.